The highest BCUT2D eigenvalue weighted by Gasteiger charge is 2.20. The summed E-state index contributed by atoms with van der Waals surface area (Å²) in [6.45, 7) is 1.33. The summed E-state index contributed by atoms with van der Waals surface area (Å²) in [6, 6.07) is 9.63. The van der Waals surface area contributed by atoms with Crippen LogP contribution in [0.25, 0.3) is 6.08 Å². The van der Waals surface area contributed by atoms with Crippen LogP contribution in [0.1, 0.15) is 24.8 Å². The van der Waals surface area contributed by atoms with Crippen LogP contribution in [0, 0.1) is 0 Å². The van der Waals surface area contributed by atoms with Crippen LogP contribution in [-0.2, 0) is 14.6 Å². The lowest BCUT2D eigenvalue weighted by Crippen LogP contribution is -2.27. The van der Waals surface area contributed by atoms with Crippen molar-refractivity contribution in [3.8, 4) is 0 Å². The zero-order valence-corrected chi connectivity index (χ0v) is 12.9. The highest BCUT2D eigenvalue weighted by Crippen LogP contribution is 2.10. The van der Waals surface area contributed by atoms with Gasteiger partial charge in [0.05, 0.1) is 11.5 Å². The van der Waals surface area contributed by atoms with Crippen molar-refractivity contribution in [2.45, 2.75) is 19.3 Å². The molecule has 1 aromatic carbocycles. The Labute approximate surface area is 126 Å². The molecular weight excluding hydrogens is 286 g/mol. The maximum absolute atomic E-state index is 11.9. The lowest BCUT2D eigenvalue weighted by atomic mass is 10.2. The van der Waals surface area contributed by atoms with Gasteiger partial charge in [0.1, 0.15) is 0 Å². The van der Waals surface area contributed by atoms with Crippen LogP contribution < -0.4 is 0 Å². The fourth-order valence-electron chi connectivity index (χ4n) is 2.39. The van der Waals surface area contributed by atoms with E-state index in [2.05, 4.69) is 0 Å². The van der Waals surface area contributed by atoms with E-state index >= 15 is 0 Å². The molecule has 0 unspecified atom stereocenters. The molecule has 5 heteroatoms. The molecule has 114 valence electrons. The molecule has 4 nitrogen and oxygen atoms in total. The number of nitrogens with zero attached hydrogens (tertiary/aromatic N) is 1. The molecule has 21 heavy (non-hydrogen) atoms. The maximum Gasteiger partial charge on any atom is 0.222 e. The van der Waals surface area contributed by atoms with Gasteiger partial charge in [-0.1, -0.05) is 42.5 Å². The molecule has 1 heterocycles. The zero-order chi connectivity index (χ0) is 15.1. The molecule has 0 saturated carbocycles. The van der Waals surface area contributed by atoms with Gasteiger partial charge in [0.15, 0.2) is 9.84 Å². The van der Waals surface area contributed by atoms with E-state index in [1.165, 1.54) is 0 Å². The Bertz CT molecular complexity index is 593. The number of amides is 1. The zero-order valence-electron chi connectivity index (χ0n) is 12.1. The van der Waals surface area contributed by atoms with E-state index in [1.54, 1.807) is 11.0 Å². The third-order valence-electron chi connectivity index (χ3n) is 3.51. The monoisotopic (exact) mass is 307 g/mol. The van der Waals surface area contributed by atoms with Crippen molar-refractivity contribution in [3.05, 3.63) is 42.0 Å². The Morgan fingerprint density at radius 3 is 2.62 bits per heavy atom. The van der Waals surface area contributed by atoms with Crippen LogP contribution in [0.2, 0.25) is 0 Å². The van der Waals surface area contributed by atoms with E-state index in [4.69, 9.17) is 0 Å². The molecule has 0 aromatic heterocycles. The summed E-state index contributed by atoms with van der Waals surface area (Å²) in [5.41, 5.74) is 0.996. The van der Waals surface area contributed by atoms with Gasteiger partial charge in [-0.25, -0.2) is 8.42 Å². The van der Waals surface area contributed by atoms with E-state index < -0.39 is 9.84 Å². The van der Waals surface area contributed by atoms with Gasteiger partial charge in [-0.15, -0.1) is 0 Å². The van der Waals surface area contributed by atoms with Crippen molar-refractivity contribution < 1.29 is 13.2 Å². The van der Waals surface area contributed by atoms with Crippen molar-refractivity contribution in [2.75, 3.05) is 24.6 Å². The van der Waals surface area contributed by atoms with Crippen LogP contribution in [0.15, 0.2) is 36.4 Å². The van der Waals surface area contributed by atoms with Gasteiger partial charge in [0.2, 0.25) is 5.91 Å². The lowest BCUT2D eigenvalue weighted by Gasteiger charge is -2.14. The molecule has 2 rings (SSSR count). The second kappa shape index (κ2) is 7.41. The molecule has 1 saturated heterocycles. The molecule has 0 radical (unpaired) electrons. The molecule has 0 spiro atoms. The van der Waals surface area contributed by atoms with Crippen LogP contribution in [-0.4, -0.2) is 43.8 Å². The molecule has 0 atom stereocenters. The van der Waals surface area contributed by atoms with Crippen LogP contribution in [0.4, 0.5) is 0 Å². The molecule has 1 fully saturated rings. The minimum atomic E-state index is -3.09. The number of benzene rings is 1. The van der Waals surface area contributed by atoms with E-state index in [0.29, 0.717) is 19.4 Å². The Hall–Kier alpha value is -1.62. The number of hydrogen-bond donors (Lipinski definition) is 0. The van der Waals surface area contributed by atoms with Gasteiger partial charge in [-0.2, -0.15) is 0 Å². The Balaban J connectivity index is 1.74. The topological polar surface area (TPSA) is 54.5 Å². The van der Waals surface area contributed by atoms with Crippen LogP contribution in [0.3, 0.4) is 0 Å². The highest BCUT2D eigenvalue weighted by molar-refractivity contribution is 7.91. The minimum Gasteiger partial charge on any atom is -0.343 e. The van der Waals surface area contributed by atoms with Gasteiger partial charge in [0.25, 0.3) is 0 Å². The summed E-state index contributed by atoms with van der Waals surface area (Å²) in [6.07, 6.45) is 5.53. The SMILES string of the molecule is O=C1CCCN1CCCS(=O)(=O)C/C=C/c1ccccc1. The number of carbonyl (C=O) groups is 1. The quantitative estimate of drug-likeness (QED) is 0.775. The van der Waals surface area contributed by atoms with Gasteiger partial charge in [0, 0.05) is 19.5 Å². The van der Waals surface area contributed by atoms with Gasteiger partial charge in [-0.3, -0.25) is 4.79 Å². The lowest BCUT2D eigenvalue weighted by molar-refractivity contribution is -0.127. The van der Waals surface area contributed by atoms with Gasteiger partial charge >= 0.3 is 0 Å². The fourth-order valence-corrected chi connectivity index (χ4v) is 3.52. The summed E-state index contributed by atoms with van der Waals surface area (Å²) < 4.78 is 23.8. The first-order valence-corrected chi connectivity index (χ1v) is 9.09. The predicted octanol–water partition coefficient (Wildman–Crippen LogP) is 2.13. The average molecular weight is 307 g/mol. The number of likely N-dealkylation sites (tertiary alicyclic amines) is 1. The summed E-state index contributed by atoms with van der Waals surface area (Å²) in [5, 5.41) is 0. The third kappa shape index (κ3) is 5.34. The standard InChI is InChI=1S/C16H21NO3S/c18-16-10-4-11-17(16)12-6-14-21(19,20)13-5-9-15-7-2-1-3-8-15/h1-3,5,7-9H,4,6,10-14H2/b9-5+. The van der Waals surface area contributed by atoms with Gasteiger partial charge < -0.3 is 4.90 Å². The second-order valence-corrected chi connectivity index (χ2v) is 7.49. The number of carbonyl (C=O) groups excluding carboxylic acids is 1. The Kier molecular flexibility index (Phi) is 5.56. The largest absolute Gasteiger partial charge is 0.343 e. The van der Waals surface area contributed by atoms with Crippen molar-refractivity contribution in [3.63, 3.8) is 0 Å². The maximum atomic E-state index is 11.9. The average Bonchev–Trinajstić information content (AvgIpc) is 2.85. The van der Waals surface area contributed by atoms with Crippen LogP contribution >= 0.6 is 0 Å². The predicted molar refractivity (Wildman–Crippen MR) is 84.6 cm³/mol. The van der Waals surface area contributed by atoms with E-state index in [9.17, 15) is 13.2 Å². The fraction of sp³-hybridized carbons (Fsp3) is 0.438. The molecule has 0 bridgehead atoms. The third-order valence-corrected chi connectivity index (χ3v) is 5.13. The molecule has 1 amide bonds. The van der Waals surface area contributed by atoms with Crippen molar-refractivity contribution in [2.24, 2.45) is 0 Å². The number of sulfone groups is 1. The first-order chi connectivity index (χ1) is 10.1. The van der Waals surface area contributed by atoms with Crippen molar-refractivity contribution in [1.29, 1.82) is 0 Å². The Morgan fingerprint density at radius 1 is 1.19 bits per heavy atom. The van der Waals surface area contributed by atoms with Gasteiger partial charge in [-0.05, 0) is 18.4 Å². The van der Waals surface area contributed by atoms with Crippen molar-refractivity contribution >= 4 is 21.8 Å². The first-order valence-electron chi connectivity index (χ1n) is 7.27. The molecule has 0 N–H and O–H groups in total. The minimum absolute atomic E-state index is 0.0514. The molecule has 0 aliphatic carbocycles. The molecule has 1 aliphatic rings. The normalized spacial score (nSPS) is 16.0. The summed E-state index contributed by atoms with van der Waals surface area (Å²) in [4.78, 5) is 13.2. The summed E-state index contributed by atoms with van der Waals surface area (Å²) >= 11 is 0. The van der Waals surface area contributed by atoms with E-state index in [0.717, 1.165) is 18.5 Å². The Morgan fingerprint density at radius 2 is 1.95 bits per heavy atom. The van der Waals surface area contributed by atoms with Crippen molar-refractivity contribution in [1.82, 2.24) is 4.90 Å². The van der Waals surface area contributed by atoms with E-state index in [1.807, 2.05) is 36.4 Å². The molecule has 1 aromatic rings. The number of hydrogen-bond acceptors (Lipinski definition) is 3. The summed E-state index contributed by atoms with van der Waals surface area (Å²) in [7, 11) is -3.09. The molecular formula is C16H21NO3S. The smallest absolute Gasteiger partial charge is 0.222 e. The second-order valence-electron chi connectivity index (χ2n) is 5.27. The molecule has 1 aliphatic heterocycles. The van der Waals surface area contributed by atoms with E-state index in [-0.39, 0.29) is 17.4 Å². The van der Waals surface area contributed by atoms with Crippen LogP contribution in [0.5, 0.6) is 0 Å². The summed E-state index contributed by atoms with van der Waals surface area (Å²) in [5.74, 6) is 0.336. The first kappa shape index (κ1) is 15.8. The number of rotatable bonds is 7. The highest BCUT2D eigenvalue weighted by atomic mass is 32.2.